The monoisotopic (exact) mass is 466 g/mol. The van der Waals surface area contributed by atoms with Gasteiger partial charge in [0.15, 0.2) is 26.3 Å². The normalized spacial score (nSPS) is 21.5. The van der Waals surface area contributed by atoms with Gasteiger partial charge in [0, 0.05) is 13.8 Å². The second-order valence-electron chi connectivity index (χ2n) is 10.2. The van der Waals surface area contributed by atoms with Gasteiger partial charge in [-0.1, -0.05) is 51.1 Å². The Bertz CT molecular complexity index is 785. The molecule has 2 rings (SSSR count). The molecule has 1 aliphatic rings. The number of esters is 2. The van der Waals surface area contributed by atoms with Crippen LogP contribution in [0.25, 0.3) is 0 Å². The average Bonchev–Trinajstić information content (AvgIpc) is 3.02. The Balaban J connectivity index is 2.59. The molecule has 8 heteroatoms. The predicted octanol–water partition coefficient (Wildman–Crippen LogP) is 4.76. The third-order valence-electron chi connectivity index (χ3n) is 5.98. The van der Waals surface area contributed by atoms with E-state index in [2.05, 4.69) is 33.9 Å². The summed E-state index contributed by atoms with van der Waals surface area (Å²) in [5.74, 6) is -1.75. The maximum absolute atomic E-state index is 12.1. The molecule has 1 saturated heterocycles. The van der Waals surface area contributed by atoms with Crippen molar-refractivity contribution in [1.82, 2.24) is 0 Å². The van der Waals surface area contributed by atoms with Crippen molar-refractivity contribution in [3.63, 3.8) is 0 Å². The van der Waals surface area contributed by atoms with E-state index in [1.54, 1.807) is 0 Å². The Kier molecular flexibility index (Phi) is 8.31. The molecule has 0 N–H and O–H groups in total. The zero-order valence-electron chi connectivity index (χ0n) is 20.8. The van der Waals surface area contributed by atoms with Gasteiger partial charge in [0.1, 0.15) is 12.2 Å². The van der Waals surface area contributed by atoms with Crippen LogP contribution < -0.4 is 0 Å². The number of benzene rings is 1. The molecule has 0 amide bonds. The van der Waals surface area contributed by atoms with Crippen molar-refractivity contribution in [2.45, 2.75) is 96.8 Å². The first-order valence-electron chi connectivity index (χ1n) is 11.0. The van der Waals surface area contributed by atoms with Crippen LogP contribution in [-0.2, 0) is 33.0 Å². The highest BCUT2D eigenvalue weighted by Gasteiger charge is 2.50. The van der Waals surface area contributed by atoms with Crippen LogP contribution in [0.1, 0.15) is 60.1 Å². The summed E-state index contributed by atoms with van der Waals surface area (Å²) in [6.45, 7) is 17.1. The van der Waals surface area contributed by atoms with Gasteiger partial charge >= 0.3 is 11.9 Å². The van der Waals surface area contributed by atoms with E-state index in [1.807, 2.05) is 44.2 Å². The lowest BCUT2D eigenvalue weighted by molar-refractivity contribution is -0.191. The second kappa shape index (κ2) is 10.0. The van der Waals surface area contributed by atoms with Crippen molar-refractivity contribution in [1.29, 1.82) is 0 Å². The summed E-state index contributed by atoms with van der Waals surface area (Å²) in [4.78, 5) is 24.3. The minimum atomic E-state index is -2.39. The Morgan fingerprint density at radius 2 is 1.62 bits per heavy atom. The van der Waals surface area contributed by atoms with E-state index in [1.165, 1.54) is 13.8 Å². The van der Waals surface area contributed by atoms with Crippen molar-refractivity contribution >= 4 is 20.3 Å². The van der Waals surface area contributed by atoms with Gasteiger partial charge in [0.05, 0.1) is 6.61 Å². The van der Waals surface area contributed by atoms with Gasteiger partial charge in [-0.3, -0.25) is 9.59 Å². The van der Waals surface area contributed by atoms with Crippen LogP contribution >= 0.6 is 0 Å². The Morgan fingerprint density at radius 3 is 2.06 bits per heavy atom. The van der Waals surface area contributed by atoms with Crippen LogP contribution in [0.5, 0.6) is 0 Å². The van der Waals surface area contributed by atoms with Crippen LogP contribution in [0.3, 0.4) is 0 Å². The van der Waals surface area contributed by atoms with Crippen molar-refractivity contribution in [2.75, 3.05) is 6.61 Å². The summed E-state index contributed by atoms with van der Waals surface area (Å²) in [5.41, 5.74) is 0.752. The molecular formula is C24H38O7Si. The number of ether oxygens (including phenoxy) is 4. The Hall–Kier alpha value is -1.74. The van der Waals surface area contributed by atoms with Gasteiger partial charge in [-0.25, -0.2) is 0 Å². The third-order valence-corrected chi connectivity index (χ3v) is 10.5. The summed E-state index contributed by atoms with van der Waals surface area (Å²) >= 11 is 0. The lowest BCUT2D eigenvalue weighted by atomic mass is 9.97. The maximum Gasteiger partial charge on any atom is 0.303 e. The van der Waals surface area contributed by atoms with Crippen molar-refractivity contribution in [2.24, 2.45) is 0 Å². The first-order valence-corrected chi connectivity index (χ1v) is 13.9. The van der Waals surface area contributed by atoms with E-state index in [9.17, 15) is 9.59 Å². The molecule has 1 heterocycles. The van der Waals surface area contributed by atoms with Crippen LogP contribution in [0.15, 0.2) is 30.3 Å². The third kappa shape index (κ3) is 6.88. The molecular weight excluding hydrogens is 428 g/mol. The van der Waals surface area contributed by atoms with Crippen molar-refractivity contribution < 1.29 is 33.0 Å². The van der Waals surface area contributed by atoms with E-state index < -0.39 is 50.5 Å². The van der Waals surface area contributed by atoms with Crippen molar-refractivity contribution in [3.05, 3.63) is 35.9 Å². The molecule has 7 nitrogen and oxygen atoms in total. The molecule has 1 aliphatic heterocycles. The minimum absolute atomic E-state index is 0.129. The SMILES string of the molecule is CC(=O)O[C@@H]([C@H](O[Si](C)(C)C(C)(C)C)[C@@H](OC(C)=O)c1ccccc1)[C@@H]1COC(C)(C)O1. The fourth-order valence-electron chi connectivity index (χ4n) is 3.39. The van der Waals surface area contributed by atoms with Gasteiger partial charge in [-0.2, -0.15) is 0 Å². The first kappa shape index (κ1) is 26.5. The molecule has 0 spiro atoms. The molecule has 0 radical (unpaired) electrons. The van der Waals surface area contributed by atoms with Gasteiger partial charge in [0.25, 0.3) is 0 Å². The van der Waals surface area contributed by atoms with Gasteiger partial charge in [-0.05, 0) is 37.5 Å². The maximum atomic E-state index is 12.1. The summed E-state index contributed by atoms with van der Waals surface area (Å²) in [6, 6.07) is 9.37. The lowest BCUT2D eigenvalue weighted by Gasteiger charge is -2.44. The standard InChI is InChI=1S/C24H38O7Si/c1-16(25)28-20(18-13-11-10-12-14-18)22(31-32(8,9)23(3,4)5)21(29-17(2)26)19-15-27-24(6,7)30-19/h10-14,19-22H,15H2,1-9H3/t19-,20-,21+,22+/m0/s1. The molecule has 0 unspecified atom stereocenters. The van der Waals surface area contributed by atoms with Crippen LogP contribution in [-0.4, -0.2) is 51.0 Å². The van der Waals surface area contributed by atoms with Gasteiger partial charge in [0.2, 0.25) is 0 Å². The second-order valence-corrected chi connectivity index (χ2v) is 15.0. The molecule has 0 saturated carbocycles. The van der Waals surface area contributed by atoms with E-state index in [0.717, 1.165) is 5.56 Å². The zero-order chi connectivity index (χ0) is 24.3. The predicted molar refractivity (Wildman–Crippen MR) is 123 cm³/mol. The zero-order valence-corrected chi connectivity index (χ0v) is 21.8. The van der Waals surface area contributed by atoms with Crippen LogP contribution in [0, 0.1) is 0 Å². The molecule has 1 fully saturated rings. The number of hydrogen-bond acceptors (Lipinski definition) is 7. The highest BCUT2D eigenvalue weighted by Crippen LogP contribution is 2.42. The molecule has 1 aromatic carbocycles. The van der Waals surface area contributed by atoms with E-state index in [4.69, 9.17) is 23.4 Å². The summed E-state index contributed by atoms with van der Waals surface area (Å²) in [5, 5.41) is -0.129. The largest absolute Gasteiger partial charge is 0.457 e. The molecule has 32 heavy (non-hydrogen) atoms. The fourth-order valence-corrected chi connectivity index (χ4v) is 4.68. The summed E-state index contributed by atoms with van der Waals surface area (Å²) < 4.78 is 30.3. The first-order chi connectivity index (χ1) is 14.6. The number of carbonyl (C=O) groups excluding carboxylic acids is 2. The van der Waals surface area contributed by atoms with Gasteiger partial charge < -0.3 is 23.4 Å². The van der Waals surface area contributed by atoms with E-state index >= 15 is 0 Å². The van der Waals surface area contributed by atoms with Crippen molar-refractivity contribution in [3.8, 4) is 0 Å². The summed E-state index contributed by atoms with van der Waals surface area (Å²) in [7, 11) is -2.39. The fraction of sp³-hybridized carbons (Fsp3) is 0.667. The molecule has 1 aromatic rings. The van der Waals surface area contributed by atoms with E-state index in [-0.39, 0.29) is 11.6 Å². The average molecular weight is 467 g/mol. The van der Waals surface area contributed by atoms with Gasteiger partial charge in [-0.15, -0.1) is 0 Å². The molecule has 0 aliphatic carbocycles. The summed E-state index contributed by atoms with van der Waals surface area (Å²) in [6.07, 6.45) is -2.99. The quantitative estimate of drug-likeness (QED) is 0.403. The molecule has 4 atom stereocenters. The van der Waals surface area contributed by atoms with Crippen LogP contribution in [0.4, 0.5) is 0 Å². The Labute approximate surface area is 192 Å². The van der Waals surface area contributed by atoms with Crippen LogP contribution in [0.2, 0.25) is 18.1 Å². The molecule has 0 aromatic heterocycles. The highest BCUT2D eigenvalue weighted by molar-refractivity contribution is 6.74. The number of carbonyl (C=O) groups is 2. The molecule has 0 bridgehead atoms. The Morgan fingerprint density at radius 1 is 1.06 bits per heavy atom. The number of hydrogen-bond donors (Lipinski definition) is 0. The van der Waals surface area contributed by atoms with E-state index in [0.29, 0.717) is 0 Å². The smallest absolute Gasteiger partial charge is 0.303 e. The number of rotatable bonds is 8. The molecule has 180 valence electrons. The minimum Gasteiger partial charge on any atom is -0.457 e. The lowest BCUT2D eigenvalue weighted by Crippen LogP contribution is -2.54. The highest BCUT2D eigenvalue weighted by atomic mass is 28.4. The topological polar surface area (TPSA) is 80.3 Å².